The number of amides is 2. The van der Waals surface area contributed by atoms with Crippen LogP contribution in [-0.4, -0.2) is 30.2 Å². The van der Waals surface area contributed by atoms with Crippen LogP contribution in [0.5, 0.6) is 0 Å². The monoisotopic (exact) mass is 514 g/mol. The van der Waals surface area contributed by atoms with Crippen LogP contribution in [0.3, 0.4) is 0 Å². The van der Waals surface area contributed by atoms with Gasteiger partial charge in [-0.15, -0.1) is 0 Å². The number of halogens is 1. The van der Waals surface area contributed by atoms with Crippen LogP contribution in [0.25, 0.3) is 33.4 Å². The summed E-state index contributed by atoms with van der Waals surface area (Å²) in [4.78, 5) is 26.1. The van der Waals surface area contributed by atoms with E-state index in [4.69, 9.17) is 16.1 Å². The van der Waals surface area contributed by atoms with E-state index < -0.39 is 5.54 Å². The highest BCUT2D eigenvalue weighted by atomic mass is 19.1. The summed E-state index contributed by atoms with van der Waals surface area (Å²) in [6.45, 7) is 1.94. The van der Waals surface area contributed by atoms with E-state index in [0.717, 1.165) is 16.7 Å². The second-order valence-electron chi connectivity index (χ2n) is 9.29. The fourth-order valence-electron chi connectivity index (χ4n) is 4.63. The fourth-order valence-corrected chi connectivity index (χ4v) is 4.63. The Morgan fingerprint density at radius 3 is 2.34 bits per heavy atom. The van der Waals surface area contributed by atoms with E-state index in [0.29, 0.717) is 52.1 Å². The molecule has 1 saturated carbocycles. The number of amidine groups is 1. The molecule has 0 bridgehead atoms. The number of carbonyl (C=O) groups is 2. The minimum absolute atomic E-state index is 0.283. The van der Waals surface area contributed by atoms with Crippen molar-refractivity contribution in [1.82, 2.24) is 16.1 Å². The molecule has 1 aromatic heterocycles. The summed E-state index contributed by atoms with van der Waals surface area (Å²) >= 11 is 0. The van der Waals surface area contributed by atoms with Crippen LogP contribution in [0, 0.1) is 12.7 Å². The maximum absolute atomic E-state index is 13.5. The first-order valence-electron chi connectivity index (χ1n) is 12.0. The lowest BCUT2D eigenvalue weighted by Crippen LogP contribution is -2.51. The van der Waals surface area contributed by atoms with Gasteiger partial charge in [0.2, 0.25) is 0 Å². The van der Waals surface area contributed by atoms with Crippen LogP contribution < -0.4 is 27.7 Å². The third-order valence-electron chi connectivity index (χ3n) is 6.88. The van der Waals surface area contributed by atoms with Crippen molar-refractivity contribution in [3.63, 3.8) is 0 Å². The molecular weight excluding hydrogens is 487 g/mol. The first kappa shape index (κ1) is 25.0. The Morgan fingerprint density at radius 2 is 1.71 bits per heavy atom. The van der Waals surface area contributed by atoms with Gasteiger partial charge >= 0.3 is 0 Å². The van der Waals surface area contributed by atoms with Crippen molar-refractivity contribution >= 4 is 28.6 Å². The summed E-state index contributed by atoms with van der Waals surface area (Å²) in [5.74, 6) is 10.6. The van der Waals surface area contributed by atoms with Crippen molar-refractivity contribution in [3.8, 4) is 22.5 Å². The number of carbonyl (C=O) groups excluding carboxylic acids is 2. The molecule has 10 heteroatoms. The van der Waals surface area contributed by atoms with Gasteiger partial charge in [-0.1, -0.05) is 12.1 Å². The van der Waals surface area contributed by atoms with Crippen molar-refractivity contribution in [2.45, 2.75) is 25.3 Å². The largest absolute Gasteiger partial charge is 0.455 e. The number of benzene rings is 3. The molecule has 0 spiro atoms. The van der Waals surface area contributed by atoms with Gasteiger partial charge in [0.1, 0.15) is 22.7 Å². The minimum Gasteiger partial charge on any atom is -0.455 e. The first-order valence-corrected chi connectivity index (χ1v) is 12.0. The van der Waals surface area contributed by atoms with E-state index in [-0.39, 0.29) is 17.6 Å². The molecule has 0 radical (unpaired) electrons. The minimum atomic E-state index is -0.694. The van der Waals surface area contributed by atoms with Crippen molar-refractivity contribution in [1.29, 1.82) is 0 Å². The van der Waals surface area contributed by atoms with Crippen LogP contribution in [0.1, 0.15) is 39.1 Å². The van der Waals surface area contributed by atoms with E-state index in [2.05, 4.69) is 21.2 Å². The average molecular weight is 515 g/mol. The number of nitrogens with one attached hydrogen (secondary N) is 3. The molecule has 9 nitrogen and oxygen atoms in total. The fraction of sp³-hybridized carbons (Fsp3) is 0.179. The van der Waals surface area contributed by atoms with E-state index in [1.807, 2.05) is 25.1 Å². The number of fused-ring (bicyclic) bond motifs is 1. The smallest absolute Gasteiger partial charge is 0.255 e. The van der Waals surface area contributed by atoms with Gasteiger partial charge in [-0.3, -0.25) is 9.59 Å². The van der Waals surface area contributed by atoms with E-state index in [9.17, 15) is 14.0 Å². The Morgan fingerprint density at radius 1 is 1.00 bits per heavy atom. The number of hydrogen-bond donors (Lipinski definition) is 5. The summed E-state index contributed by atoms with van der Waals surface area (Å²) in [7, 11) is 1.54. The molecule has 3 aromatic carbocycles. The third-order valence-corrected chi connectivity index (χ3v) is 6.88. The molecule has 1 aliphatic rings. The average Bonchev–Trinajstić information content (AvgIpc) is 3.59. The summed E-state index contributed by atoms with van der Waals surface area (Å²) in [5, 5.41) is 9.91. The number of furan rings is 1. The Bertz CT molecular complexity index is 1590. The molecule has 1 heterocycles. The van der Waals surface area contributed by atoms with Crippen LogP contribution in [-0.2, 0) is 0 Å². The zero-order valence-electron chi connectivity index (χ0n) is 20.9. The second kappa shape index (κ2) is 9.64. The molecule has 5 rings (SSSR count). The van der Waals surface area contributed by atoms with Gasteiger partial charge in [0.15, 0.2) is 5.84 Å². The normalized spacial score (nSPS) is 14.3. The number of rotatable bonds is 6. The highest BCUT2D eigenvalue weighted by Gasteiger charge is 2.49. The Hall–Kier alpha value is -4.70. The lowest BCUT2D eigenvalue weighted by atomic mass is 9.95. The molecule has 0 aliphatic heterocycles. The van der Waals surface area contributed by atoms with E-state index in [1.165, 1.54) is 12.1 Å². The number of aryl methyl sites for hydroxylation is 1. The van der Waals surface area contributed by atoms with Gasteiger partial charge in [0.25, 0.3) is 11.8 Å². The van der Waals surface area contributed by atoms with Gasteiger partial charge in [-0.2, -0.15) is 5.10 Å². The molecule has 0 atom stereocenters. The second-order valence-corrected chi connectivity index (χ2v) is 9.29. The summed E-state index contributed by atoms with van der Waals surface area (Å²) in [6, 6.07) is 16.7. The first-order chi connectivity index (χ1) is 18.3. The summed E-state index contributed by atoms with van der Waals surface area (Å²) in [6.07, 6.45) is 1.35. The van der Waals surface area contributed by atoms with Gasteiger partial charge in [-0.25, -0.2) is 10.2 Å². The lowest BCUT2D eigenvalue weighted by Gasteiger charge is -2.19. The van der Waals surface area contributed by atoms with Crippen molar-refractivity contribution in [2.75, 3.05) is 7.05 Å². The van der Waals surface area contributed by atoms with Crippen molar-refractivity contribution in [3.05, 3.63) is 83.2 Å². The van der Waals surface area contributed by atoms with Gasteiger partial charge in [0, 0.05) is 23.6 Å². The van der Waals surface area contributed by atoms with Crippen LogP contribution in [0.4, 0.5) is 4.39 Å². The quantitative estimate of drug-likeness (QED) is 0.115. The SMILES string of the molecule is CNC(=O)c1c(-c2ccc(F)cc2)oc2ccc(-c3cc(C(=O)NC4(/C(=N/N)NN)CC4)ccc3C)cc12. The molecule has 194 valence electrons. The van der Waals surface area contributed by atoms with E-state index >= 15 is 0 Å². The molecule has 38 heavy (non-hydrogen) atoms. The predicted molar refractivity (Wildman–Crippen MR) is 144 cm³/mol. The number of hydrogen-bond acceptors (Lipinski definition) is 6. The van der Waals surface area contributed by atoms with Gasteiger partial charge in [-0.05, 0) is 85.0 Å². The van der Waals surface area contributed by atoms with Crippen molar-refractivity contribution < 1.29 is 18.4 Å². The Labute approximate surface area is 218 Å². The predicted octanol–water partition coefficient (Wildman–Crippen LogP) is 3.57. The van der Waals surface area contributed by atoms with Crippen LogP contribution in [0.15, 0.2) is 70.2 Å². The maximum Gasteiger partial charge on any atom is 0.255 e. The Kier molecular flexibility index (Phi) is 6.33. The molecule has 0 saturated heterocycles. The highest BCUT2D eigenvalue weighted by molar-refractivity contribution is 6.12. The molecule has 4 aromatic rings. The number of nitrogens with zero attached hydrogens (tertiary/aromatic N) is 1. The summed E-state index contributed by atoms with van der Waals surface area (Å²) in [5.41, 5.74) is 6.23. The third kappa shape index (κ3) is 4.35. The molecule has 1 aliphatic carbocycles. The number of hydrazine groups is 1. The molecule has 1 fully saturated rings. The van der Waals surface area contributed by atoms with Crippen molar-refractivity contribution in [2.24, 2.45) is 16.8 Å². The van der Waals surface area contributed by atoms with Gasteiger partial charge in [0.05, 0.1) is 5.56 Å². The number of nitrogens with two attached hydrogens (primary N) is 2. The standard InChI is InChI=1S/C28H27FN6O3/c1-15-3-4-18(25(36)33-28(11-12-28)27(34-30)35-31)14-20(15)17-7-10-22-21(13-17)23(26(37)32-2)24(38-22)16-5-8-19(29)9-6-16/h3-10,13-14H,11-12,30-31H2,1-2H3,(H,32,37)(H,33,36)(H,34,35). The molecule has 7 N–H and O–H groups in total. The molecule has 0 unspecified atom stereocenters. The lowest BCUT2D eigenvalue weighted by molar-refractivity contribution is 0.0940. The molecule has 2 amide bonds. The van der Waals surface area contributed by atoms with Crippen LogP contribution >= 0.6 is 0 Å². The Balaban J connectivity index is 1.56. The zero-order chi connectivity index (χ0) is 27.0. The highest BCUT2D eigenvalue weighted by Crippen LogP contribution is 2.38. The topological polar surface area (TPSA) is 148 Å². The maximum atomic E-state index is 13.5. The van der Waals surface area contributed by atoms with Gasteiger partial charge < -0.3 is 26.3 Å². The van der Waals surface area contributed by atoms with Crippen LogP contribution in [0.2, 0.25) is 0 Å². The zero-order valence-corrected chi connectivity index (χ0v) is 20.9. The molecular formula is C28H27FN6O3. The summed E-state index contributed by atoms with van der Waals surface area (Å²) < 4.78 is 19.6. The number of hydrazone groups is 1. The van der Waals surface area contributed by atoms with E-state index in [1.54, 1.807) is 37.4 Å².